The lowest BCUT2D eigenvalue weighted by molar-refractivity contribution is -0.0176. The average molecular weight is 290 g/mol. The second-order valence-electron chi connectivity index (χ2n) is 6.47. The van der Waals surface area contributed by atoms with E-state index < -0.39 is 0 Å². The van der Waals surface area contributed by atoms with Gasteiger partial charge in [0.25, 0.3) is 0 Å². The number of methoxy groups -OCH3 is 1. The molecule has 1 aliphatic carbocycles. The van der Waals surface area contributed by atoms with Gasteiger partial charge in [0.2, 0.25) is 0 Å². The largest absolute Gasteiger partial charge is 0.496 e. The fraction of sp³-hybridized carbons (Fsp3) is 0.611. The zero-order valence-corrected chi connectivity index (χ0v) is 13.5. The molecule has 0 radical (unpaired) electrons. The van der Waals surface area contributed by atoms with Crippen LogP contribution in [-0.4, -0.2) is 19.2 Å². The van der Waals surface area contributed by atoms with E-state index in [0.29, 0.717) is 29.1 Å². The maximum absolute atomic E-state index is 12.5. The molecule has 1 fully saturated rings. The van der Waals surface area contributed by atoms with Crippen molar-refractivity contribution in [2.45, 2.75) is 46.1 Å². The normalized spacial score (nSPS) is 25.7. The topological polar surface area (TPSA) is 35.5 Å². The van der Waals surface area contributed by atoms with E-state index in [0.717, 1.165) is 12.8 Å². The molecule has 116 valence electrons. The molecule has 0 aliphatic heterocycles. The van der Waals surface area contributed by atoms with Gasteiger partial charge in [-0.25, -0.2) is 4.79 Å². The van der Waals surface area contributed by atoms with Crippen molar-refractivity contribution in [2.75, 3.05) is 7.11 Å². The van der Waals surface area contributed by atoms with Gasteiger partial charge in [0, 0.05) is 0 Å². The smallest absolute Gasteiger partial charge is 0.342 e. The second kappa shape index (κ2) is 6.97. The van der Waals surface area contributed by atoms with Crippen LogP contribution >= 0.6 is 0 Å². The van der Waals surface area contributed by atoms with Crippen LogP contribution in [-0.2, 0) is 4.74 Å². The number of hydrogen-bond acceptors (Lipinski definition) is 3. The Bertz CT molecular complexity index is 481. The van der Waals surface area contributed by atoms with Gasteiger partial charge >= 0.3 is 5.97 Å². The van der Waals surface area contributed by atoms with E-state index in [4.69, 9.17) is 9.47 Å². The Hall–Kier alpha value is -1.51. The van der Waals surface area contributed by atoms with E-state index in [9.17, 15) is 4.79 Å². The van der Waals surface area contributed by atoms with Gasteiger partial charge in [-0.15, -0.1) is 0 Å². The van der Waals surface area contributed by atoms with E-state index in [1.165, 1.54) is 6.42 Å². The lowest BCUT2D eigenvalue weighted by atomic mass is 9.75. The number of carbonyl (C=O) groups excluding carboxylic acids is 1. The molecule has 0 heterocycles. The lowest BCUT2D eigenvalue weighted by Gasteiger charge is -2.36. The molecule has 0 amide bonds. The van der Waals surface area contributed by atoms with Crippen molar-refractivity contribution in [3.05, 3.63) is 29.8 Å². The van der Waals surface area contributed by atoms with Crippen molar-refractivity contribution in [2.24, 2.45) is 17.8 Å². The van der Waals surface area contributed by atoms with Gasteiger partial charge < -0.3 is 9.47 Å². The van der Waals surface area contributed by atoms with Crippen LogP contribution in [0.4, 0.5) is 0 Å². The summed E-state index contributed by atoms with van der Waals surface area (Å²) < 4.78 is 11.1. The predicted molar refractivity (Wildman–Crippen MR) is 83.5 cm³/mol. The minimum Gasteiger partial charge on any atom is -0.496 e. The molecule has 1 aromatic rings. The van der Waals surface area contributed by atoms with Crippen molar-refractivity contribution < 1.29 is 14.3 Å². The predicted octanol–water partition coefficient (Wildman–Crippen LogP) is 4.31. The highest BCUT2D eigenvalue weighted by atomic mass is 16.5. The van der Waals surface area contributed by atoms with Crippen LogP contribution in [0.2, 0.25) is 0 Å². The maximum atomic E-state index is 12.5. The van der Waals surface area contributed by atoms with Crippen molar-refractivity contribution in [3.63, 3.8) is 0 Å². The highest BCUT2D eigenvalue weighted by molar-refractivity contribution is 5.92. The molecule has 1 aromatic carbocycles. The molecule has 0 bridgehead atoms. The number of carbonyl (C=O) groups is 1. The third-order valence-electron chi connectivity index (χ3n) is 4.55. The Morgan fingerprint density at radius 3 is 2.62 bits per heavy atom. The fourth-order valence-electron chi connectivity index (χ4n) is 3.26. The standard InChI is InChI=1S/C18H26O3/c1-12(2)14-10-9-13(3)11-17(14)21-18(19)15-7-5-6-8-16(15)20-4/h5-8,12-14,17H,9-11H2,1-4H3. The van der Waals surface area contributed by atoms with Crippen molar-refractivity contribution in [1.29, 1.82) is 0 Å². The van der Waals surface area contributed by atoms with E-state index in [2.05, 4.69) is 20.8 Å². The molecule has 0 aromatic heterocycles. The Balaban J connectivity index is 2.12. The molecule has 0 saturated heterocycles. The molecule has 3 unspecified atom stereocenters. The number of hydrogen-bond donors (Lipinski definition) is 0. The van der Waals surface area contributed by atoms with Gasteiger partial charge in [-0.05, 0) is 42.7 Å². The van der Waals surface area contributed by atoms with Crippen LogP contribution in [0.3, 0.4) is 0 Å². The van der Waals surface area contributed by atoms with Crippen LogP contribution < -0.4 is 4.74 Å². The Morgan fingerprint density at radius 1 is 1.24 bits per heavy atom. The van der Waals surface area contributed by atoms with Crippen LogP contribution in [0.15, 0.2) is 24.3 Å². The Kier molecular flexibility index (Phi) is 5.27. The van der Waals surface area contributed by atoms with Crippen LogP contribution in [0.25, 0.3) is 0 Å². The molecule has 21 heavy (non-hydrogen) atoms. The first-order chi connectivity index (χ1) is 10.0. The molecule has 2 rings (SSSR count). The molecule has 0 N–H and O–H groups in total. The summed E-state index contributed by atoms with van der Waals surface area (Å²) in [5, 5.41) is 0. The molecule has 1 aliphatic rings. The third-order valence-corrected chi connectivity index (χ3v) is 4.55. The number of rotatable bonds is 4. The molecular formula is C18H26O3. The first-order valence-corrected chi connectivity index (χ1v) is 7.87. The first-order valence-electron chi connectivity index (χ1n) is 7.87. The Morgan fingerprint density at radius 2 is 1.95 bits per heavy atom. The van der Waals surface area contributed by atoms with E-state index in [-0.39, 0.29) is 12.1 Å². The summed E-state index contributed by atoms with van der Waals surface area (Å²) in [7, 11) is 1.58. The zero-order valence-electron chi connectivity index (χ0n) is 13.5. The van der Waals surface area contributed by atoms with E-state index in [1.807, 2.05) is 12.1 Å². The van der Waals surface area contributed by atoms with Gasteiger partial charge in [0.15, 0.2) is 0 Å². The maximum Gasteiger partial charge on any atom is 0.342 e. The summed E-state index contributed by atoms with van der Waals surface area (Å²) in [5.41, 5.74) is 0.515. The second-order valence-corrected chi connectivity index (χ2v) is 6.47. The molecule has 3 heteroatoms. The van der Waals surface area contributed by atoms with Gasteiger partial charge in [0.1, 0.15) is 17.4 Å². The van der Waals surface area contributed by atoms with Crippen LogP contribution in [0.1, 0.15) is 50.4 Å². The number of benzene rings is 1. The summed E-state index contributed by atoms with van der Waals surface area (Å²) in [6.45, 7) is 6.66. The summed E-state index contributed by atoms with van der Waals surface area (Å²) in [6.07, 6.45) is 3.35. The lowest BCUT2D eigenvalue weighted by Crippen LogP contribution is -2.35. The fourth-order valence-corrected chi connectivity index (χ4v) is 3.26. The van der Waals surface area contributed by atoms with E-state index >= 15 is 0 Å². The van der Waals surface area contributed by atoms with Crippen LogP contribution in [0, 0.1) is 17.8 Å². The molecular weight excluding hydrogens is 264 g/mol. The van der Waals surface area contributed by atoms with Gasteiger partial charge in [-0.3, -0.25) is 0 Å². The number of para-hydroxylation sites is 1. The van der Waals surface area contributed by atoms with Gasteiger partial charge in [0.05, 0.1) is 7.11 Å². The van der Waals surface area contributed by atoms with Crippen molar-refractivity contribution >= 4 is 5.97 Å². The quantitative estimate of drug-likeness (QED) is 0.775. The highest BCUT2D eigenvalue weighted by Gasteiger charge is 2.33. The van der Waals surface area contributed by atoms with Crippen LogP contribution in [0.5, 0.6) is 5.75 Å². The molecule has 3 atom stereocenters. The first kappa shape index (κ1) is 15.9. The summed E-state index contributed by atoms with van der Waals surface area (Å²) in [5.74, 6) is 1.92. The van der Waals surface area contributed by atoms with Gasteiger partial charge in [-0.1, -0.05) is 39.3 Å². The monoisotopic (exact) mass is 290 g/mol. The minimum absolute atomic E-state index is 0.0196. The van der Waals surface area contributed by atoms with Crippen molar-refractivity contribution in [1.82, 2.24) is 0 Å². The van der Waals surface area contributed by atoms with Gasteiger partial charge in [-0.2, -0.15) is 0 Å². The number of esters is 1. The highest BCUT2D eigenvalue weighted by Crippen LogP contribution is 2.36. The third kappa shape index (κ3) is 3.78. The minimum atomic E-state index is -0.266. The summed E-state index contributed by atoms with van der Waals surface area (Å²) in [6, 6.07) is 7.25. The zero-order chi connectivity index (χ0) is 15.4. The number of ether oxygens (including phenoxy) is 2. The Labute approximate surface area is 127 Å². The van der Waals surface area contributed by atoms with E-state index in [1.54, 1.807) is 19.2 Å². The summed E-state index contributed by atoms with van der Waals surface area (Å²) in [4.78, 5) is 12.5. The average Bonchev–Trinajstić information content (AvgIpc) is 2.46. The SMILES string of the molecule is COc1ccccc1C(=O)OC1CC(C)CCC1C(C)C. The molecule has 1 saturated carbocycles. The summed E-state index contributed by atoms with van der Waals surface area (Å²) >= 11 is 0. The van der Waals surface area contributed by atoms with Crippen molar-refractivity contribution in [3.8, 4) is 5.75 Å². The molecule has 3 nitrogen and oxygen atoms in total. The molecule has 0 spiro atoms.